The van der Waals surface area contributed by atoms with E-state index in [9.17, 15) is 14.7 Å². The molecule has 27 heavy (non-hydrogen) atoms. The van der Waals surface area contributed by atoms with Crippen molar-refractivity contribution in [3.8, 4) is 0 Å². The molecule has 2 aliphatic carbocycles. The fourth-order valence-corrected chi connectivity index (χ4v) is 5.46. The van der Waals surface area contributed by atoms with Crippen LogP contribution < -0.4 is 0 Å². The minimum Gasteiger partial charge on any atom is -0.472 e. The maximum atomic E-state index is 13.2. The van der Waals surface area contributed by atoms with Crippen molar-refractivity contribution in [1.82, 2.24) is 0 Å². The van der Waals surface area contributed by atoms with E-state index >= 15 is 0 Å². The Bertz CT molecular complexity index is 794. The number of furan rings is 1. The number of carbonyl (C=O) groups is 2. The van der Waals surface area contributed by atoms with Crippen molar-refractivity contribution in [2.24, 2.45) is 16.7 Å². The smallest absolute Gasteiger partial charge is 0.318 e. The van der Waals surface area contributed by atoms with E-state index in [0.717, 1.165) is 23.1 Å². The Kier molecular flexibility index (Phi) is 4.22. The zero-order chi connectivity index (χ0) is 19.4. The van der Waals surface area contributed by atoms with Crippen molar-refractivity contribution in [3.63, 3.8) is 0 Å². The summed E-state index contributed by atoms with van der Waals surface area (Å²) in [5.74, 6) is -0.556. The molecule has 1 saturated heterocycles. The molecule has 0 saturated carbocycles. The van der Waals surface area contributed by atoms with E-state index in [4.69, 9.17) is 13.9 Å². The van der Waals surface area contributed by atoms with Gasteiger partial charge in [0.15, 0.2) is 0 Å². The quantitative estimate of drug-likeness (QED) is 0.631. The molecule has 1 aromatic heterocycles. The van der Waals surface area contributed by atoms with E-state index in [1.165, 1.54) is 7.11 Å². The number of carbonyl (C=O) groups excluding carboxylic acids is 2. The third-order valence-electron chi connectivity index (χ3n) is 7.18. The third kappa shape index (κ3) is 2.35. The summed E-state index contributed by atoms with van der Waals surface area (Å²) < 4.78 is 16.0. The largest absolute Gasteiger partial charge is 0.472 e. The van der Waals surface area contributed by atoms with E-state index in [0.29, 0.717) is 25.7 Å². The molecule has 6 heteroatoms. The second kappa shape index (κ2) is 6.23. The molecule has 1 unspecified atom stereocenters. The first-order chi connectivity index (χ1) is 12.9. The highest BCUT2D eigenvalue weighted by Crippen LogP contribution is 2.61. The SMILES string of the molecule is COC(=O)[C@@]1(C)C2=C(CC[C@H]1O)[C@@]1(CC(c3ccoc3)OC1=O)[C@H](C)CC2. The van der Waals surface area contributed by atoms with Crippen LogP contribution in [0.25, 0.3) is 0 Å². The molecule has 6 nitrogen and oxygen atoms in total. The molecule has 0 amide bonds. The summed E-state index contributed by atoms with van der Waals surface area (Å²) in [5, 5.41) is 10.7. The van der Waals surface area contributed by atoms with Gasteiger partial charge in [-0.15, -0.1) is 0 Å². The van der Waals surface area contributed by atoms with Crippen LogP contribution in [0.2, 0.25) is 0 Å². The van der Waals surface area contributed by atoms with Gasteiger partial charge in [0.05, 0.1) is 31.2 Å². The molecule has 0 radical (unpaired) electrons. The third-order valence-corrected chi connectivity index (χ3v) is 7.18. The van der Waals surface area contributed by atoms with E-state index in [2.05, 4.69) is 6.92 Å². The average molecular weight is 374 g/mol. The number of aliphatic hydroxyl groups excluding tert-OH is 1. The van der Waals surface area contributed by atoms with E-state index in [-0.39, 0.29) is 18.0 Å². The highest BCUT2D eigenvalue weighted by molar-refractivity contribution is 5.87. The molecule has 1 fully saturated rings. The van der Waals surface area contributed by atoms with Crippen molar-refractivity contribution in [2.75, 3.05) is 7.11 Å². The monoisotopic (exact) mass is 374 g/mol. The van der Waals surface area contributed by atoms with Crippen molar-refractivity contribution >= 4 is 11.9 Å². The zero-order valence-corrected chi connectivity index (χ0v) is 16.0. The van der Waals surface area contributed by atoms with Gasteiger partial charge in [0.2, 0.25) is 0 Å². The molecule has 2 heterocycles. The fourth-order valence-electron chi connectivity index (χ4n) is 5.46. The molecule has 1 aliphatic heterocycles. The molecule has 3 aliphatic rings. The fraction of sp³-hybridized carbons (Fsp3) is 0.619. The van der Waals surface area contributed by atoms with Crippen LogP contribution in [0.5, 0.6) is 0 Å². The van der Waals surface area contributed by atoms with Gasteiger partial charge in [-0.1, -0.05) is 18.1 Å². The van der Waals surface area contributed by atoms with Gasteiger partial charge in [0.1, 0.15) is 11.5 Å². The predicted molar refractivity (Wildman–Crippen MR) is 95.4 cm³/mol. The maximum Gasteiger partial charge on any atom is 0.318 e. The first kappa shape index (κ1) is 18.3. The Morgan fingerprint density at radius 3 is 2.70 bits per heavy atom. The molecule has 4 rings (SSSR count). The molecule has 5 atom stereocenters. The number of methoxy groups -OCH3 is 1. The van der Waals surface area contributed by atoms with Gasteiger partial charge in [0, 0.05) is 12.0 Å². The van der Waals surface area contributed by atoms with E-state index < -0.39 is 22.9 Å². The molecule has 0 bridgehead atoms. The number of hydrogen-bond acceptors (Lipinski definition) is 6. The minimum atomic E-state index is -1.11. The lowest BCUT2D eigenvalue weighted by atomic mass is 9.54. The normalized spacial score (nSPS) is 38.7. The molecule has 1 spiro atoms. The number of hydrogen-bond donors (Lipinski definition) is 1. The van der Waals surface area contributed by atoms with Crippen molar-refractivity contribution in [3.05, 3.63) is 35.3 Å². The number of fused-ring (bicyclic) bond motifs is 1. The number of cyclic esters (lactones) is 1. The Hall–Kier alpha value is -2.08. The van der Waals surface area contributed by atoms with Crippen molar-refractivity contribution < 1.29 is 28.6 Å². The second-order valence-electron chi connectivity index (χ2n) is 8.27. The summed E-state index contributed by atoms with van der Waals surface area (Å²) in [4.78, 5) is 25.8. The van der Waals surface area contributed by atoms with Crippen LogP contribution in [0.3, 0.4) is 0 Å². The van der Waals surface area contributed by atoms with Gasteiger partial charge >= 0.3 is 11.9 Å². The van der Waals surface area contributed by atoms with Crippen molar-refractivity contribution in [1.29, 1.82) is 0 Å². The molecular weight excluding hydrogens is 348 g/mol. The van der Waals surface area contributed by atoms with Crippen LogP contribution in [0.15, 0.2) is 34.2 Å². The molecular formula is C21H26O6. The second-order valence-corrected chi connectivity index (χ2v) is 8.27. The highest BCUT2D eigenvalue weighted by atomic mass is 16.6. The Balaban J connectivity index is 1.83. The van der Waals surface area contributed by atoms with Gasteiger partial charge in [-0.05, 0) is 44.6 Å². The van der Waals surface area contributed by atoms with Gasteiger partial charge in [-0.3, -0.25) is 9.59 Å². The van der Waals surface area contributed by atoms with E-state index in [1.807, 2.05) is 6.07 Å². The lowest BCUT2D eigenvalue weighted by molar-refractivity contribution is -0.158. The maximum absolute atomic E-state index is 13.2. The minimum absolute atomic E-state index is 0.109. The summed E-state index contributed by atoms with van der Waals surface area (Å²) in [5.41, 5.74) is 0.854. The Morgan fingerprint density at radius 1 is 1.30 bits per heavy atom. The summed E-state index contributed by atoms with van der Waals surface area (Å²) in [6.45, 7) is 3.83. The predicted octanol–water partition coefficient (Wildman–Crippen LogP) is 3.31. The molecule has 146 valence electrons. The Labute approximate surface area is 158 Å². The number of ether oxygens (including phenoxy) is 2. The van der Waals surface area contributed by atoms with Crippen LogP contribution in [-0.4, -0.2) is 30.3 Å². The summed E-state index contributed by atoms with van der Waals surface area (Å²) >= 11 is 0. The van der Waals surface area contributed by atoms with Crippen LogP contribution in [0.4, 0.5) is 0 Å². The van der Waals surface area contributed by atoms with Crippen LogP contribution >= 0.6 is 0 Å². The first-order valence-corrected chi connectivity index (χ1v) is 9.58. The van der Waals surface area contributed by atoms with E-state index in [1.54, 1.807) is 19.5 Å². The topological polar surface area (TPSA) is 86.0 Å². The van der Waals surface area contributed by atoms with Crippen molar-refractivity contribution in [2.45, 2.75) is 58.2 Å². The Morgan fingerprint density at radius 2 is 2.04 bits per heavy atom. The summed E-state index contributed by atoms with van der Waals surface area (Å²) in [6, 6.07) is 1.82. The number of rotatable bonds is 2. The zero-order valence-electron chi connectivity index (χ0n) is 16.0. The number of esters is 2. The molecule has 0 aromatic carbocycles. The van der Waals surface area contributed by atoms with Crippen LogP contribution in [0.1, 0.15) is 57.6 Å². The summed E-state index contributed by atoms with van der Waals surface area (Å²) in [7, 11) is 1.34. The van der Waals surface area contributed by atoms with Gasteiger partial charge in [-0.2, -0.15) is 0 Å². The van der Waals surface area contributed by atoms with Gasteiger partial charge in [-0.25, -0.2) is 0 Å². The molecule has 1 N–H and O–H groups in total. The molecule has 1 aromatic rings. The van der Waals surface area contributed by atoms with Crippen LogP contribution in [0, 0.1) is 16.7 Å². The average Bonchev–Trinajstić information content (AvgIpc) is 3.29. The number of aliphatic hydroxyl groups is 1. The van der Waals surface area contributed by atoms with Gasteiger partial charge in [0.25, 0.3) is 0 Å². The lowest BCUT2D eigenvalue weighted by Crippen LogP contribution is -2.50. The first-order valence-electron chi connectivity index (χ1n) is 9.58. The van der Waals surface area contributed by atoms with Gasteiger partial charge < -0.3 is 19.0 Å². The van der Waals surface area contributed by atoms with Crippen LogP contribution in [-0.2, 0) is 19.1 Å². The lowest BCUT2D eigenvalue weighted by Gasteiger charge is -2.48. The standard InChI is InChI=1S/C21H26O6/c1-12-4-5-14-15(6-7-17(22)20(14,2)18(23)25-3)21(12)10-16(27-19(21)24)13-8-9-26-11-13/h8-9,11-12,16-17,22H,4-7,10H2,1-3H3/t12-,16?,17-,20+,21-/m1/s1. The summed E-state index contributed by atoms with van der Waals surface area (Å²) in [6.07, 6.45) is 5.06. The highest BCUT2D eigenvalue weighted by Gasteiger charge is 2.61.